The topological polar surface area (TPSA) is 55.9 Å². The molecule has 0 aliphatic rings. The average molecular weight is 252 g/mol. The molecule has 96 valence electrons. The number of rotatable bonds is 3. The normalized spacial score (nSPS) is 12.7. The molecule has 3 N–H and O–H groups in total. The van der Waals surface area contributed by atoms with Crippen LogP contribution in [0, 0.1) is 18.6 Å². The molecular formula is C12H14F2N4. The Balaban J connectivity index is 2.52. The number of nitrogens with one attached hydrogen (secondary N) is 1. The van der Waals surface area contributed by atoms with E-state index >= 15 is 0 Å². The molecule has 1 unspecified atom stereocenters. The van der Waals surface area contributed by atoms with E-state index in [4.69, 9.17) is 5.84 Å². The van der Waals surface area contributed by atoms with Gasteiger partial charge in [-0.25, -0.2) is 14.2 Å². The number of hydrogen-bond acceptors (Lipinski definition) is 3. The molecule has 0 saturated carbocycles. The van der Waals surface area contributed by atoms with E-state index in [1.807, 2.05) is 0 Å². The summed E-state index contributed by atoms with van der Waals surface area (Å²) >= 11 is 0. The van der Waals surface area contributed by atoms with Gasteiger partial charge in [-0.15, -0.1) is 0 Å². The maximum absolute atomic E-state index is 13.8. The predicted octanol–water partition coefficient (Wildman–Crippen LogP) is 1.56. The predicted molar refractivity (Wildman–Crippen MR) is 63.5 cm³/mol. The number of benzene rings is 1. The molecule has 0 aliphatic carbocycles. The summed E-state index contributed by atoms with van der Waals surface area (Å²) in [7, 11) is 1.73. The zero-order chi connectivity index (χ0) is 13.3. The smallest absolute Gasteiger partial charge is 0.131 e. The maximum atomic E-state index is 13.8. The highest BCUT2D eigenvalue weighted by Crippen LogP contribution is 2.25. The SMILES string of the molecule is Cc1cc(C(NN)c2ccnn2C)c(F)cc1F. The van der Waals surface area contributed by atoms with Gasteiger partial charge in [-0.2, -0.15) is 5.10 Å². The third kappa shape index (κ3) is 2.12. The van der Waals surface area contributed by atoms with E-state index < -0.39 is 17.7 Å². The first kappa shape index (κ1) is 12.7. The van der Waals surface area contributed by atoms with Crippen LogP contribution in [0.5, 0.6) is 0 Å². The summed E-state index contributed by atoms with van der Waals surface area (Å²) in [5.74, 6) is 4.26. The molecule has 1 aromatic carbocycles. The molecule has 2 aromatic rings. The molecule has 0 amide bonds. The van der Waals surface area contributed by atoms with Crippen molar-refractivity contribution in [1.29, 1.82) is 0 Å². The summed E-state index contributed by atoms with van der Waals surface area (Å²) in [6.07, 6.45) is 1.59. The number of nitrogens with two attached hydrogens (primary N) is 1. The van der Waals surface area contributed by atoms with Crippen molar-refractivity contribution in [3.8, 4) is 0 Å². The van der Waals surface area contributed by atoms with Gasteiger partial charge in [0.1, 0.15) is 11.6 Å². The van der Waals surface area contributed by atoms with Crippen molar-refractivity contribution < 1.29 is 8.78 Å². The number of aromatic nitrogens is 2. The van der Waals surface area contributed by atoms with Crippen LogP contribution in [0.3, 0.4) is 0 Å². The van der Waals surface area contributed by atoms with E-state index in [0.717, 1.165) is 6.07 Å². The molecule has 0 aliphatic heterocycles. The molecule has 0 saturated heterocycles. The quantitative estimate of drug-likeness (QED) is 0.644. The Labute approximate surface area is 103 Å². The van der Waals surface area contributed by atoms with E-state index in [1.165, 1.54) is 6.07 Å². The molecule has 1 aromatic heterocycles. The maximum Gasteiger partial charge on any atom is 0.131 e. The van der Waals surface area contributed by atoms with E-state index in [0.29, 0.717) is 16.8 Å². The molecule has 18 heavy (non-hydrogen) atoms. The lowest BCUT2D eigenvalue weighted by Crippen LogP contribution is -2.31. The fourth-order valence-corrected chi connectivity index (χ4v) is 1.90. The fourth-order valence-electron chi connectivity index (χ4n) is 1.90. The highest BCUT2D eigenvalue weighted by atomic mass is 19.1. The zero-order valence-corrected chi connectivity index (χ0v) is 10.1. The molecule has 4 nitrogen and oxygen atoms in total. The third-order valence-electron chi connectivity index (χ3n) is 2.91. The largest absolute Gasteiger partial charge is 0.271 e. The number of halogens is 2. The summed E-state index contributed by atoms with van der Waals surface area (Å²) < 4.78 is 28.7. The molecular weight excluding hydrogens is 238 g/mol. The lowest BCUT2D eigenvalue weighted by atomic mass is 10.0. The lowest BCUT2D eigenvalue weighted by molar-refractivity contribution is 0.520. The van der Waals surface area contributed by atoms with Crippen molar-refractivity contribution in [3.63, 3.8) is 0 Å². The summed E-state index contributed by atoms with van der Waals surface area (Å²) in [5, 5.41) is 4.01. The van der Waals surface area contributed by atoms with Crippen LogP contribution in [0.2, 0.25) is 0 Å². The molecule has 0 fully saturated rings. The van der Waals surface area contributed by atoms with Crippen molar-refractivity contribution in [2.24, 2.45) is 12.9 Å². The molecule has 0 radical (unpaired) electrons. The molecule has 6 heteroatoms. The monoisotopic (exact) mass is 252 g/mol. The Bertz CT molecular complexity index is 565. The van der Waals surface area contributed by atoms with Crippen molar-refractivity contribution in [2.75, 3.05) is 0 Å². The van der Waals surface area contributed by atoms with Gasteiger partial charge in [0.15, 0.2) is 0 Å². The summed E-state index contributed by atoms with van der Waals surface area (Å²) in [6, 6.07) is 3.47. The molecule has 2 rings (SSSR count). The summed E-state index contributed by atoms with van der Waals surface area (Å²) in [4.78, 5) is 0. The van der Waals surface area contributed by atoms with Gasteiger partial charge in [0.25, 0.3) is 0 Å². The second-order valence-corrected chi connectivity index (χ2v) is 4.10. The minimum Gasteiger partial charge on any atom is -0.271 e. The van der Waals surface area contributed by atoms with Crippen LogP contribution < -0.4 is 11.3 Å². The molecule has 0 spiro atoms. The first-order chi connectivity index (χ1) is 8.54. The van der Waals surface area contributed by atoms with Gasteiger partial charge in [0.05, 0.1) is 11.7 Å². The standard InChI is InChI=1S/C12H14F2N4/c1-7-5-8(10(14)6-9(7)13)12(17-15)11-3-4-16-18(11)2/h3-6,12,17H,15H2,1-2H3. The highest BCUT2D eigenvalue weighted by molar-refractivity contribution is 5.33. The van der Waals surface area contributed by atoms with Crippen molar-refractivity contribution >= 4 is 0 Å². The number of aryl methyl sites for hydroxylation is 2. The average Bonchev–Trinajstić information content (AvgIpc) is 2.73. The van der Waals surface area contributed by atoms with Gasteiger partial charge in [0, 0.05) is 24.9 Å². The second-order valence-electron chi connectivity index (χ2n) is 4.10. The van der Waals surface area contributed by atoms with Gasteiger partial charge in [0.2, 0.25) is 0 Å². The Hall–Kier alpha value is -1.79. The summed E-state index contributed by atoms with van der Waals surface area (Å²) in [5.41, 5.74) is 3.88. The highest BCUT2D eigenvalue weighted by Gasteiger charge is 2.20. The van der Waals surface area contributed by atoms with E-state index in [2.05, 4.69) is 10.5 Å². The minimum atomic E-state index is -0.637. The van der Waals surface area contributed by atoms with Crippen molar-refractivity contribution in [3.05, 3.63) is 52.9 Å². The van der Waals surface area contributed by atoms with Crippen molar-refractivity contribution in [1.82, 2.24) is 15.2 Å². The van der Waals surface area contributed by atoms with Gasteiger partial charge in [-0.3, -0.25) is 10.5 Å². The minimum absolute atomic E-state index is 0.292. The Morgan fingerprint density at radius 3 is 2.61 bits per heavy atom. The van der Waals surface area contributed by atoms with Crippen LogP contribution >= 0.6 is 0 Å². The van der Waals surface area contributed by atoms with Crippen LogP contribution in [0.25, 0.3) is 0 Å². The molecule has 1 atom stereocenters. The number of hydrazine groups is 1. The van der Waals surface area contributed by atoms with Gasteiger partial charge < -0.3 is 0 Å². The Morgan fingerprint density at radius 2 is 2.06 bits per heavy atom. The number of nitrogens with zero attached hydrogens (tertiary/aromatic N) is 2. The summed E-state index contributed by atoms with van der Waals surface area (Å²) in [6.45, 7) is 1.58. The van der Waals surface area contributed by atoms with Crippen LogP contribution in [0.1, 0.15) is 22.9 Å². The number of hydrogen-bond donors (Lipinski definition) is 2. The van der Waals surface area contributed by atoms with E-state index in [-0.39, 0.29) is 0 Å². The first-order valence-electron chi connectivity index (χ1n) is 5.44. The van der Waals surface area contributed by atoms with Crippen LogP contribution in [0.15, 0.2) is 24.4 Å². The zero-order valence-electron chi connectivity index (χ0n) is 10.1. The van der Waals surface area contributed by atoms with E-state index in [9.17, 15) is 8.78 Å². The van der Waals surface area contributed by atoms with Gasteiger partial charge >= 0.3 is 0 Å². The van der Waals surface area contributed by atoms with E-state index in [1.54, 1.807) is 30.9 Å². The van der Waals surface area contributed by atoms with Crippen LogP contribution in [-0.2, 0) is 7.05 Å². The molecule has 0 bridgehead atoms. The van der Waals surface area contributed by atoms with Crippen LogP contribution in [0.4, 0.5) is 8.78 Å². The Morgan fingerprint density at radius 1 is 1.33 bits per heavy atom. The molecule has 1 heterocycles. The van der Waals surface area contributed by atoms with Gasteiger partial charge in [-0.05, 0) is 24.6 Å². The fraction of sp³-hybridized carbons (Fsp3) is 0.250. The second kappa shape index (κ2) is 4.83. The van der Waals surface area contributed by atoms with Crippen LogP contribution in [-0.4, -0.2) is 9.78 Å². The third-order valence-corrected chi connectivity index (χ3v) is 2.91. The van der Waals surface area contributed by atoms with Crippen molar-refractivity contribution in [2.45, 2.75) is 13.0 Å². The van der Waals surface area contributed by atoms with Gasteiger partial charge in [-0.1, -0.05) is 0 Å². The lowest BCUT2D eigenvalue weighted by Gasteiger charge is -2.18. The Kier molecular flexibility index (Phi) is 3.40. The first-order valence-corrected chi connectivity index (χ1v) is 5.44.